The number of allylic oxidation sites excluding steroid dienone is 4. The maximum atomic E-state index is 12.9. The number of phenols is 1. The highest BCUT2D eigenvalue weighted by Gasteiger charge is 2.33. The molecule has 4 heteroatoms. The summed E-state index contributed by atoms with van der Waals surface area (Å²) >= 11 is 0. The average molecular weight is 407 g/mol. The molecule has 30 heavy (non-hydrogen) atoms. The molecule has 4 nitrogen and oxygen atoms in total. The number of fused-ring (bicyclic) bond motifs is 1. The number of hydrogen-bond donors (Lipinski definition) is 1. The molecule has 1 heterocycles. The average Bonchev–Trinajstić information content (AvgIpc) is 2.72. The van der Waals surface area contributed by atoms with E-state index >= 15 is 0 Å². The minimum absolute atomic E-state index is 0.0913. The van der Waals surface area contributed by atoms with Crippen molar-refractivity contribution in [3.8, 4) is 17.2 Å². The van der Waals surface area contributed by atoms with E-state index < -0.39 is 0 Å². The number of ketones is 1. The Morgan fingerprint density at radius 1 is 1.20 bits per heavy atom. The van der Waals surface area contributed by atoms with Gasteiger partial charge in [0.15, 0.2) is 5.78 Å². The quantitative estimate of drug-likeness (QED) is 0.545. The second-order valence-corrected chi connectivity index (χ2v) is 8.00. The van der Waals surface area contributed by atoms with Gasteiger partial charge in [0.1, 0.15) is 28.9 Å². The molecule has 0 amide bonds. The third-order valence-corrected chi connectivity index (χ3v) is 5.37. The van der Waals surface area contributed by atoms with E-state index in [2.05, 4.69) is 32.9 Å². The fraction of sp³-hybridized carbons (Fsp3) is 0.346. The van der Waals surface area contributed by atoms with Crippen molar-refractivity contribution >= 4 is 5.78 Å². The van der Waals surface area contributed by atoms with Gasteiger partial charge in [-0.15, -0.1) is 0 Å². The minimum atomic E-state index is -0.376. The summed E-state index contributed by atoms with van der Waals surface area (Å²) in [5, 5.41) is 10.5. The van der Waals surface area contributed by atoms with Crippen LogP contribution >= 0.6 is 0 Å². The summed E-state index contributed by atoms with van der Waals surface area (Å²) in [6, 6.07) is 11.2. The topological polar surface area (TPSA) is 55.8 Å². The first-order valence-corrected chi connectivity index (χ1v) is 10.4. The van der Waals surface area contributed by atoms with Crippen molar-refractivity contribution in [3.05, 3.63) is 76.4 Å². The second kappa shape index (κ2) is 9.66. The molecule has 2 aromatic rings. The van der Waals surface area contributed by atoms with Crippen molar-refractivity contribution in [2.24, 2.45) is 0 Å². The number of rotatable bonds is 7. The summed E-state index contributed by atoms with van der Waals surface area (Å²) < 4.78 is 11.8. The fourth-order valence-electron chi connectivity index (χ4n) is 3.71. The Kier molecular flexibility index (Phi) is 6.99. The number of hydrogen-bond acceptors (Lipinski definition) is 4. The summed E-state index contributed by atoms with van der Waals surface area (Å²) in [6.07, 6.45) is 6.75. The molecule has 1 aliphatic heterocycles. The Balaban J connectivity index is 1.95. The van der Waals surface area contributed by atoms with E-state index in [1.807, 2.05) is 30.3 Å². The van der Waals surface area contributed by atoms with Crippen LogP contribution in [0.4, 0.5) is 0 Å². The molecule has 0 saturated carbocycles. The lowest BCUT2D eigenvalue weighted by Crippen LogP contribution is -2.22. The van der Waals surface area contributed by atoms with Crippen LogP contribution in [0.1, 0.15) is 67.6 Å². The number of Topliss-reactive ketones (excluding diaryl/α,β-unsaturated/α-hetero) is 1. The Morgan fingerprint density at radius 2 is 1.93 bits per heavy atom. The Morgan fingerprint density at radius 3 is 2.60 bits per heavy atom. The Hall–Kier alpha value is -3.01. The molecule has 0 aromatic heterocycles. The van der Waals surface area contributed by atoms with Crippen LogP contribution in [-0.2, 0) is 6.42 Å². The van der Waals surface area contributed by atoms with E-state index in [9.17, 15) is 9.90 Å². The SMILES string of the molecule is COc1cc(O)c2c(c1C/C=C(\C)CCC=C(C)C)O[C@@H](c1ccccc1)CC2=O. The monoisotopic (exact) mass is 406 g/mol. The molecule has 0 bridgehead atoms. The number of carbonyl (C=O) groups excluding carboxylic acids is 1. The van der Waals surface area contributed by atoms with Crippen molar-refractivity contribution in [2.75, 3.05) is 7.11 Å². The van der Waals surface area contributed by atoms with Crippen LogP contribution in [0, 0.1) is 0 Å². The van der Waals surface area contributed by atoms with Crippen LogP contribution in [0.2, 0.25) is 0 Å². The first-order chi connectivity index (χ1) is 14.4. The van der Waals surface area contributed by atoms with Crippen molar-refractivity contribution in [1.29, 1.82) is 0 Å². The van der Waals surface area contributed by atoms with Gasteiger partial charge in [-0.25, -0.2) is 0 Å². The summed E-state index contributed by atoms with van der Waals surface area (Å²) in [6.45, 7) is 6.31. The molecule has 1 aliphatic rings. The number of carbonyl (C=O) groups is 1. The maximum Gasteiger partial charge on any atom is 0.174 e. The van der Waals surface area contributed by atoms with Gasteiger partial charge in [-0.2, -0.15) is 0 Å². The lowest BCUT2D eigenvalue weighted by molar-refractivity contribution is 0.0842. The van der Waals surface area contributed by atoms with Crippen LogP contribution in [0.3, 0.4) is 0 Å². The standard InChI is InChI=1S/C26H30O4/c1-17(2)9-8-10-18(3)13-14-20-24(29-4)16-22(28)25-21(27)15-23(30-26(20)25)19-11-6-5-7-12-19/h5-7,9,11-13,16,23,28H,8,10,14-15H2,1-4H3/b18-13+/t23-/m1/s1. The van der Waals surface area contributed by atoms with Crippen LogP contribution in [0.15, 0.2) is 59.7 Å². The normalized spacial score (nSPS) is 15.9. The number of aromatic hydroxyl groups is 1. The van der Waals surface area contributed by atoms with E-state index in [1.165, 1.54) is 17.2 Å². The van der Waals surface area contributed by atoms with Crippen LogP contribution in [0.25, 0.3) is 0 Å². The smallest absolute Gasteiger partial charge is 0.174 e. The molecule has 2 aromatic carbocycles. The van der Waals surface area contributed by atoms with Gasteiger partial charge in [-0.3, -0.25) is 4.79 Å². The molecule has 0 fully saturated rings. The Labute approximate surface area is 178 Å². The van der Waals surface area contributed by atoms with Crippen LogP contribution in [-0.4, -0.2) is 18.0 Å². The highest BCUT2D eigenvalue weighted by atomic mass is 16.5. The van der Waals surface area contributed by atoms with Gasteiger partial charge in [0.25, 0.3) is 0 Å². The maximum absolute atomic E-state index is 12.9. The molecule has 0 unspecified atom stereocenters. The van der Waals surface area contributed by atoms with Crippen molar-refractivity contribution < 1.29 is 19.4 Å². The largest absolute Gasteiger partial charge is 0.507 e. The summed E-state index contributed by atoms with van der Waals surface area (Å²) in [5.74, 6) is 0.758. The van der Waals surface area contributed by atoms with Gasteiger partial charge in [0.05, 0.1) is 13.5 Å². The zero-order valence-corrected chi connectivity index (χ0v) is 18.2. The predicted molar refractivity (Wildman–Crippen MR) is 120 cm³/mol. The van der Waals surface area contributed by atoms with Gasteiger partial charge in [0, 0.05) is 11.6 Å². The third-order valence-electron chi connectivity index (χ3n) is 5.37. The molecular formula is C26H30O4. The molecule has 158 valence electrons. The number of phenolic OH excluding ortho intramolecular Hbond substituents is 1. The molecular weight excluding hydrogens is 376 g/mol. The predicted octanol–water partition coefficient (Wildman–Crippen LogP) is 6.34. The molecule has 0 saturated heterocycles. The number of methoxy groups -OCH3 is 1. The lowest BCUT2D eigenvalue weighted by atomic mass is 9.92. The molecule has 1 atom stereocenters. The zero-order chi connectivity index (χ0) is 21.7. The fourth-order valence-corrected chi connectivity index (χ4v) is 3.71. The summed E-state index contributed by atoms with van der Waals surface area (Å²) in [5.41, 5.74) is 4.57. The van der Waals surface area contributed by atoms with E-state index in [4.69, 9.17) is 9.47 Å². The first kappa shape index (κ1) is 21.7. The van der Waals surface area contributed by atoms with E-state index in [0.717, 1.165) is 24.0 Å². The van der Waals surface area contributed by atoms with Crippen molar-refractivity contribution in [1.82, 2.24) is 0 Å². The van der Waals surface area contributed by atoms with Gasteiger partial charge in [-0.05, 0) is 45.6 Å². The Bertz CT molecular complexity index is 966. The highest BCUT2D eigenvalue weighted by Crippen LogP contribution is 2.45. The van der Waals surface area contributed by atoms with E-state index in [1.54, 1.807) is 7.11 Å². The zero-order valence-electron chi connectivity index (χ0n) is 18.2. The van der Waals surface area contributed by atoms with E-state index in [-0.39, 0.29) is 29.6 Å². The highest BCUT2D eigenvalue weighted by molar-refractivity contribution is 6.03. The second-order valence-electron chi connectivity index (χ2n) is 8.00. The summed E-state index contributed by atoms with van der Waals surface area (Å²) in [4.78, 5) is 12.9. The van der Waals surface area contributed by atoms with Gasteiger partial charge < -0.3 is 14.6 Å². The first-order valence-electron chi connectivity index (χ1n) is 10.4. The molecule has 0 aliphatic carbocycles. The lowest BCUT2D eigenvalue weighted by Gasteiger charge is -2.28. The van der Waals surface area contributed by atoms with Crippen LogP contribution in [0.5, 0.6) is 17.2 Å². The van der Waals surface area contributed by atoms with Crippen LogP contribution < -0.4 is 9.47 Å². The molecule has 0 spiro atoms. The number of benzene rings is 2. The van der Waals surface area contributed by atoms with Gasteiger partial charge >= 0.3 is 0 Å². The van der Waals surface area contributed by atoms with E-state index in [0.29, 0.717) is 17.9 Å². The molecule has 0 radical (unpaired) electrons. The van der Waals surface area contributed by atoms with Gasteiger partial charge in [0.2, 0.25) is 0 Å². The summed E-state index contributed by atoms with van der Waals surface area (Å²) in [7, 11) is 1.56. The molecule has 3 rings (SSSR count). The van der Waals surface area contributed by atoms with Gasteiger partial charge in [-0.1, -0.05) is 53.6 Å². The minimum Gasteiger partial charge on any atom is -0.507 e. The molecule has 1 N–H and O–H groups in total. The van der Waals surface area contributed by atoms with Crippen molar-refractivity contribution in [2.45, 2.75) is 52.6 Å². The third kappa shape index (κ3) is 4.93. The van der Waals surface area contributed by atoms with Crippen molar-refractivity contribution in [3.63, 3.8) is 0 Å². The number of ether oxygens (including phenoxy) is 2.